The number of hydroxylamine groups is 1. The van der Waals surface area contributed by atoms with Crippen molar-refractivity contribution in [3.05, 3.63) is 53.6 Å². The Morgan fingerprint density at radius 2 is 1.86 bits per heavy atom. The Bertz CT molecular complexity index is 920. The molecule has 28 heavy (non-hydrogen) atoms. The summed E-state index contributed by atoms with van der Waals surface area (Å²) in [4.78, 5) is 23.0. The number of benzene rings is 1. The van der Waals surface area contributed by atoms with Gasteiger partial charge in [-0.3, -0.25) is 10.0 Å². The normalized spacial score (nSPS) is 14.1. The molecular weight excluding hydrogens is 404 g/mol. The van der Waals surface area contributed by atoms with Gasteiger partial charge in [0.1, 0.15) is 0 Å². The van der Waals surface area contributed by atoms with Crippen molar-refractivity contribution < 1.29 is 28.3 Å². The van der Waals surface area contributed by atoms with Crippen LogP contribution in [0.1, 0.15) is 29.6 Å². The van der Waals surface area contributed by atoms with Crippen LogP contribution in [0.4, 0.5) is 0 Å². The standard InChI is InChI=1S/C18H20N2O6S2/c21-17(19-24)10-12-20(11-9-13-3-1-2-4-16(13)27)28(25,26)15-7-5-14(6-8-15)18(22)23/h1-3,5-8,24H,4,9-12H2,(H,19,21)(H,22,23). The highest BCUT2D eigenvalue weighted by molar-refractivity contribution is 7.89. The lowest BCUT2D eigenvalue weighted by Gasteiger charge is -2.23. The van der Waals surface area contributed by atoms with Crippen LogP contribution in [0.5, 0.6) is 0 Å². The zero-order chi connectivity index (χ0) is 20.7. The third-order valence-corrected chi connectivity index (χ3v) is 6.52. The Morgan fingerprint density at radius 1 is 1.18 bits per heavy atom. The Labute approximate surface area is 168 Å². The third-order valence-electron chi connectivity index (χ3n) is 4.18. The first kappa shape index (κ1) is 21.9. The summed E-state index contributed by atoms with van der Waals surface area (Å²) in [6.07, 6.45) is 6.36. The lowest BCUT2D eigenvalue weighted by molar-refractivity contribution is -0.129. The van der Waals surface area contributed by atoms with Gasteiger partial charge in [0.15, 0.2) is 0 Å². The second-order valence-corrected chi connectivity index (χ2v) is 8.45. The number of aromatic carboxylic acids is 1. The Hall–Kier alpha value is -2.40. The maximum Gasteiger partial charge on any atom is 0.335 e. The van der Waals surface area contributed by atoms with E-state index in [9.17, 15) is 18.0 Å². The molecule has 1 aromatic rings. The van der Waals surface area contributed by atoms with E-state index in [1.807, 2.05) is 18.2 Å². The smallest absolute Gasteiger partial charge is 0.335 e. The molecule has 0 radical (unpaired) electrons. The monoisotopic (exact) mass is 424 g/mol. The highest BCUT2D eigenvalue weighted by Gasteiger charge is 2.26. The molecule has 0 bridgehead atoms. The predicted molar refractivity (Wildman–Crippen MR) is 106 cm³/mol. The molecule has 1 aliphatic rings. The van der Waals surface area contributed by atoms with E-state index < -0.39 is 21.9 Å². The maximum atomic E-state index is 13.0. The Morgan fingerprint density at radius 3 is 2.43 bits per heavy atom. The molecule has 1 aliphatic carbocycles. The summed E-state index contributed by atoms with van der Waals surface area (Å²) in [6, 6.07) is 4.84. The van der Waals surface area contributed by atoms with Gasteiger partial charge in [-0.2, -0.15) is 4.31 Å². The number of thiocarbonyl (C=S) groups is 1. The number of allylic oxidation sites excluding steroid dienone is 3. The molecule has 2 rings (SSSR count). The number of sulfonamides is 1. The predicted octanol–water partition coefficient (Wildman–Crippen LogP) is 1.92. The molecule has 0 aromatic heterocycles. The van der Waals surface area contributed by atoms with Gasteiger partial charge in [0.05, 0.1) is 10.5 Å². The number of nitrogens with zero attached hydrogens (tertiary/aromatic N) is 1. The number of rotatable bonds is 9. The fourth-order valence-corrected chi connectivity index (χ4v) is 4.31. The molecule has 8 nitrogen and oxygen atoms in total. The van der Waals surface area contributed by atoms with Crippen LogP contribution in [0.25, 0.3) is 0 Å². The van der Waals surface area contributed by atoms with Gasteiger partial charge < -0.3 is 5.11 Å². The number of hydrogen-bond donors (Lipinski definition) is 3. The highest BCUT2D eigenvalue weighted by atomic mass is 32.2. The topological polar surface area (TPSA) is 124 Å². The molecule has 0 spiro atoms. The highest BCUT2D eigenvalue weighted by Crippen LogP contribution is 2.20. The van der Waals surface area contributed by atoms with Crippen molar-refractivity contribution in [3.63, 3.8) is 0 Å². The van der Waals surface area contributed by atoms with Crippen LogP contribution in [0.2, 0.25) is 0 Å². The second-order valence-electron chi connectivity index (χ2n) is 6.02. The molecule has 0 heterocycles. The molecule has 0 fully saturated rings. The summed E-state index contributed by atoms with van der Waals surface area (Å²) in [5.41, 5.74) is 2.30. The Balaban J connectivity index is 2.23. The molecule has 0 atom stereocenters. The molecule has 0 aliphatic heterocycles. The fraction of sp³-hybridized carbons (Fsp3) is 0.278. The van der Waals surface area contributed by atoms with E-state index in [4.69, 9.17) is 22.5 Å². The molecule has 0 unspecified atom stereocenters. The van der Waals surface area contributed by atoms with Crippen molar-refractivity contribution in [1.29, 1.82) is 0 Å². The third kappa shape index (κ3) is 5.55. The molecule has 10 heteroatoms. The van der Waals surface area contributed by atoms with Crippen molar-refractivity contribution in [2.24, 2.45) is 0 Å². The lowest BCUT2D eigenvalue weighted by atomic mass is 10.0. The SMILES string of the molecule is O=C(CCN(CCC1=CC=CCC1=S)S(=O)(=O)c1ccc(C(=O)O)cc1)NO. The number of carbonyl (C=O) groups excluding carboxylic acids is 1. The second kappa shape index (κ2) is 9.69. The first-order valence-electron chi connectivity index (χ1n) is 8.41. The zero-order valence-corrected chi connectivity index (χ0v) is 16.5. The molecular formula is C18H20N2O6S2. The quantitative estimate of drug-likeness (QED) is 0.314. The van der Waals surface area contributed by atoms with Gasteiger partial charge in [-0.1, -0.05) is 30.4 Å². The zero-order valence-electron chi connectivity index (χ0n) is 14.9. The van der Waals surface area contributed by atoms with Crippen molar-refractivity contribution in [1.82, 2.24) is 9.79 Å². The van der Waals surface area contributed by atoms with Crippen LogP contribution in [0.3, 0.4) is 0 Å². The van der Waals surface area contributed by atoms with Gasteiger partial charge in [-0.15, -0.1) is 0 Å². The minimum Gasteiger partial charge on any atom is -0.478 e. The summed E-state index contributed by atoms with van der Waals surface area (Å²) >= 11 is 5.29. The average Bonchev–Trinajstić information content (AvgIpc) is 2.68. The van der Waals surface area contributed by atoms with Crippen molar-refractivity contribution >= 4 is 39.0 Å². The van der Waals surface area contributed by atoms with E-state index in [1.54, 1.807) is 0 Å². The number of amides is 1. The van der Waals surface area contributed by atoms with Gasteiger partial charge >= 0.3 is 5.97 Å². The van der Waals surface area contributed by atoms with E-state index in [2.05, 4.69) is 0 Å². The average molecular weight is 425 g/mol. The van der Waals surface area contributed by atoms with Crippen LogP contribution in [-0.2, 0) is 14.8 Å². The summed E-state index contributed by atoms with van der Waals surface area (Å²) < 4.78 is 27.1. The minimum atomic E-state index is -3.98. The molecule has 0 saturated heterocycles. The van der Waals surface area contributed by atoms with Gasteiger partial charge in [-0.05, 0) is 36.3 Å². The number of nitrogens with one attached hydrogen (secondary N) is 1. The van der Waals surface area contributed by atoms with Crippen LogP contribution in [0, 0.1) is 0 Å². The number of carboxylic acids is 1. The lowest BCUT2D eigenvalue weighted by Crippen LogP contribution is -2.36. The maximum absolute atomic E-state index is 13.0. The molecule has 1 aromatic carbocycles. The van der Waals surface area contributed by atoms with Gasteiger partial charge in [0.2, 0.25) is 15.9 Å². The minimum absolute atomic E-state index is 0.0327. The van der Waals surface area contributed by atoms with Crippen LogP contribution in [-0.4, -0.2) is 52.9 Å². The summed E-state index contributed by atoms with van der Waals surface area (Å²) in [5.74, 6) is -1.87. The van der Waals surface area contributed by atoms with Crippen molar-refractivity contribution in [2.45, 2.75) is 24.2 Å². The van der Waals surface area contributed by atoms with E-state index in [1.165, 1.54) is 29.7 Å². The van der Waals surface area contributed by atoms with E-state index in [0.717, 1.165) is 14.7 Å². The van der Waals surface area contributed by atoms with Crippen molar-refractivity contribution in [2.75, 3.05) is 13.1 Å². The fourth-order valence-electron chi connectivity index (χ4n) is 2.60. The summed E-state index contributed by atoms with van der Waals surface area (Å²) in [7, 11) is -3.98. The van der Waals surface area contributed by atoms with Gasteiger partial charge in [-0.25, -0.2) is 18.7 Å². The number of carbonyl (C=O) groups is 2. The number of hydrogen-bond acceptors (Lipinski definition) is 6. The van der Waals surface area contributed by atoms with Crippen LogP contribution < -0.4 is 5.48 Å². The largest absolute Gasteiger partial charge is 0.478 e. The van der Waals surface area contributed by atoms with Crippen molar-refractivity contribution in [3.8, 4) is 0 Å². The molecule has 150 valence electrons. The van der Waals surface area contributed by atoms with E-state index >= 15 is 0 Å². The summed E-state index contributed by atoms with van der Waals surface area (Å²) in [5, 5.41) is 17.6. The van der Waals surface area contributed by atoms with Crippen LogP contribution in [0.15, 0.2) is 53.0 Å². The van der Waals surface area contributed by atoms with Crippen LogP contribution >= 0.6 is 12.2 Å². The van der Waals surface area contributed by atoms with E-state index in [-0.39, 0.29) is 30.0 Å². The Kier molecular flexibility index (Phi) is 7.58. The molecule has 0 saturated carbocycles. The first-order chi connectivity index (χ1) is 13.3. The molecule has 3 N–H and O–H groups in total. The van der Waals surface area contributed by atoms with E-state index in [0.29, 0.717) is 12.8 Å². The van der Waals surface area contributed by atoms with Gasteiger partial charge in [0, 0.05) is 30.8 Å². The van der Waals surface area contributed by atoms with Gasteiger partial charge in [0.25, 0.3) is 0 Å². The first-order valence-corrected chi connectivity index (χ1v) is 10.3. The summed E-state index contributed by atoms with van der Waals surface area (Å²) in [6.45, 7) is -0.0627. The number of carboxylic acid groups (broad SMARTS) is 1. The molecule has 1 amide bonds.